The van der Waals surface area contributed by atoms with Crippen molar-refractivity contribution < 1.29 is 9.13 Å². The van der Waals surface area contributed by atoms with Crippen LogP contribution in [0.3, 0.4) is 0 Å². The molecule has 1 aromatic carbocycles. The lowest BCUT2D eigenvalue weighted by Gasteiger charge is -2.27. The van der Waals surface area contributed by atoms with Gasteiger partial charge in [0.2, 0.25) is 0 Å². The first kappa shape index (κ1) is 23.0. The van der Waals surface area contributed by atoms with Crippen LogP contribution in [0.1, 0.15) is 32.8 Å². The van der Waals surface area contributed by atoms with Crippen molar-refractivity contribution in [3.05, 3.63) is 29.6 Å². The zero-order valence-corrected chi connectivity index (χ0v) is 18.6. The Morgan fingerprint density at radius 1 is 1.35 bits per heavy atom. The van der Waals surface area contributed by atoms with Crippen LogP contribution in [0.5, 0.6) is 5.75 Å². The zero-order valence-electron chi connectivity index (χ0n) is 16.3. The molecule has 1 N–H and O–H groups in total. The van der Waals surface area contributed by atoms with E-state index in [2.05, 4.69) is 34.0 Å². The molecule has 1 saturated heterocycles. The number of nitrogens with zero attached hydrogens (tertiary/aromatic N) is 3. The van der Waals surface area contributed by atoms with Gasteiger partial charge in [0.1, 0.15) is 0 Å². The third-order valence-corrected chi connectivity index (χ3v) is 4.75. The number of hydrogen-bond acceptors (Lipinski definition) is 3. The van der Waals surface area contributed by atoms with Crippen molar-refractivity contribution in [2.45, 2.75) is 39.8 Å². The molecule has 5 nitrogen and oxygen atoms in total. The number of benzene rings is 1. The minimum atomic E-state index is -0.320. The van der Waals surface area contributed by atoms with Crippen LogP contribution in [-0.4, -0.2) is 61.6 Å². The fraction of sp³-hybridized carbons (Fsp3) is 0.632. The van der Waals surface area contributed by atoms with E-state index in [4.69, 9.17) is 4.74 Å². The van der Waals surface area contributed by atoms with Gasteiger partial charge in [0.05, 0.1) is 6.61 Å². The highest BCUT2D eigenvalue weighted by molar-refractivity contribution is 14.0. The lowest BCUT2D eigenvalue weighted by molar-refractivity contribution is 0.223. The Kier molecular flexibility index (Phi) is 10.2. The van der Waals surface area contributed by atoms with Crippen molar-refractivity contribution in [1.29, 1.82) is 0 Å². The van der Waals surface area contributed by atoms with Crippen molar-refractivity contribution in [3.63, 3.8) is 0 Å². The number of aliphatic imine (C=N–C) groups is 1. The summed E-state index contributed by atoms with van der Waals surface area (Å²) in [6, 6.07) is 5.67. The summed E-state index contributed by atoms with van der Waals surface area (Å²) in [6.45, 7) is 11.4. The number of likely N-dealkylation sites (N-methyl/N-ethyl adjacent to an activating group) is 1. The van der Waals surface area contributed by atoms with E-state index >= 15 is 0 Å². The van der Waals surface area contributed by atoms with Gasteiger partial charge in [0, 0.05) is 32.7 Å². The van der Waals surface area contributed by atoms with Gasteiger partial charge in [-0.3, -0.25) is 9.89 Å². The fourth-order valence-electron chi connectivity index (χ4n) is 3.41. The Morgan fingerprint density at radius 3 is 2.65 bits per heavy atom. The topological polar surface area (TPSA) is 40.1 Å². The highest BCUT2D eigenvalue weighted by atomic mass is 127. The predicted molar refractivity (Wildman–Crippen MR) is 116 cm³/mol. The molecule has 0 amide bonds. The molecule has 1 atom stereocenters. The van der Waals surface area contributed by atoms with Crippen LogP contribution >= 0.6 is 24.0 Å². The van der Waals surface area contributed by atoms with E-state index in [9.17, 15) is 4.39 Å². The molecule has 1 aliphatic heterocycles. The molecule has 7 heteroatoms. The molecule has 2 rings (SSSR count). The van der Waals surface area contributed by atoms with Crippen molar-refractivity contribution in [2.24, 2.45) is 4.99 Å². The number of hydrogen-bond donors (Lipinski definition) is 1. The maximum absolute atomic E-state index is 14.0. The summed E-state index contributed by atoms with van der Waals surface area (Å²) < 4.78 is 19.2. The lowest BCUT2D eigenvalue weighted by atomic mass is 10.2. The fourth-order valence-corrected chi connectivity index (χ4v) is 3.41. The van der Waals surface area contributed by atoms with Gasteiger partial charge in [-0.2, -0.15) is 0 Å². The van der Waals surface area contributed by atoms with Crippen LogP contribution in [0.25, 0.3) is 0 Å². The molecular formula is C19H32FIN4O. The Bertz CT molecular complexity index is 581. The quantitative estimate of drug-likeness (QED) is 0.371. The third kappa shape index (κ3) is 5.97. The molecule has 1 fully saturated rings. The molecule has 1 aliphatic rings. The van der Waals surface area contributed by atoms with E-state index in [0.29, 0.717) is 24.9 Å². The molecule has 1 unspecified atom stereocenters. The van der Waals surface area contributed by atoms with Crippen LogP contribution in [0, 0.1) is 5.82 Å². The number of ether oxygens (including phenoxy) is 1. The van der Waals surface area contributed by atoms with Crippen LogP contribution in [0.2, 0.25) is 0 Å². The van der Waals surface area contributed by atoms with Crippen molar-refractivity contribution >= 4 is 29.9 Å². The number of rotatable bonds is 7. The normalized spacial score (nSPS) is 17.4. The molecule has 0 saturated carbocycles. The minimum Gasteiger partial charge on any atom is -0.491 e. The Balaban J connectivity index is 0.00000338. The first-order valence-corrected chi connectivity index (χ1v) is 9.23. The molecule has 0 radical (unpaired) electrons. The van der Waals surface area contributed by atoms with Gasteiger partial charge in [0.25, 0.3) is 0 Å². The number of halogens is 2. The van der Waals surface area contributed by atoms with Gasteiger partial charge < -0.3 is 15.0 Å². The van der Waals surface area contributed by atoms with E-state index in [0.717, 1.165) is 44.1 Å². The molecule has 0 aliphatic carbocycles. The van der Waals surface area contributed by atoms with Crippen molar-refractivity contribution in [3.8, 4) is 5.75 Å². The highest BCUT2D eigenvalue weighted by Gasteiger charge is 2.27. The first-order chi connectivity index (χ1) is 12.1. The summed E-state index contributed by atoms with van der Waals surface area (Å²) in [6.07, 6.45) is 1.15. The lowest BCUT2D eigenvalue weighted by Crippen LogP contribution is -2.43. The second-order valence-electron chi connectivity index (χ2n) is 6.21. The predicted octanol–water partition coefficient (Wildman–Crippen LogP) is 3.33. The number of likely N-dealkylation sites (tertiary alicyclic amines) is 1. The second kappa shape index (κ2) is 11.6. The summed E-state index contributed by atoms with van der Waals surface area (Å²) >= 11 is 0. The third-order valence-electron chi connectivity index (χ3n) is 4.75. The van der Waals surface area contributed by atoms with Gasteiger partial charge in [-0.15, -0.1) is 24.0 Å². The Hall–Kier alpha value is -1.09. The molecule has 26 heavy (non-hydrogen) atoms. The standard InChI is InChI=1S/C19H31FN4O.HI/c1-5-23(6-2)16-10-11-24(14-16)19(21-4)22-13-15-8-9-18(25-7-3)17(20)12-15;/h8-9,12,16H,5-7,10-11,13-14H2,1-4H3,(H,21,22);1H. The SMILES string of the molecule is CCOc1ccc(CNC(=NC)N2CCC(N(CC)CC)C2)cc1F.I. The van der Waals surface area contributed by atoms with Gasteiger partial charge >= 0.3 is 0 Å². The molecular weight excluding hydrogens is 446 g/mol. The van der Waals surface area contributed by atoms with Gasteiger partial charge in [-0.25, -0.2) is 4.39 Å². The van der Waals surface area contributed by atoms with Gasteiger partial charge in [0.15, 0.2) is 17.5 Å². The average Bonchev–Trinajstić information content (AvgIpc) is 3.09. The molecule has 0 aromatic heterocycles. The Morgan fingerprint density at radius 2 is 2.08 bits per heavy atom. The van der Waals surface area contributed by atoms with E-state index in [1.54, 1.807) is 13.1 Å². The molecule has 1 heterocycles. The van der Waals surface area contributed by atoms with Crippen LogP contribution < -0.4 is 10.1 Å². The first-order valence-electron chi connectivity index (χ1n) is 9.23. The minimum absolute atomic E-state index is 0. The van der Waals surface area contributed by atoms with Crippen molar-refractivity contribution in [2.75, 3.05) is 39.8 Å². The van der Waals surface area contributed by atoms with E-state index in [1.165, 1.54) is 6.07 Å². The maximum Gasteiger partial charge on any atom is 0.193 e. The molecule has 0 bridgehead atoms. The average molecular weight is 478 g/mol. The monoisotopic (exact) mass is 478 g/mol. The van der Waals surface area contributed by atoms with Gasteiger partial charge in [-0.1, -0.05) is 19.9 Å². The Labute approximate surface area is 174 Å². The summed E-state index contributed by atoms with van der Waals surface area (Å²) in [4.78, 5) is 9.18. The van der Waals surface area contributed by atoms with Crippen LogP contribution in [0.15, 0.2) is 23.2 Å². The van der Waals surface area contributed by atoms with Crippen LogP contribution in [0.4, 0.5) is 4.39 Å². The molecule has 1 aromatic rings. The number of nitrogens with one attached hydrogen (secondary N) is 1. The zero-order chi connectivity index (χ0) is 18.2. The molecule has 148 valence electrons. The second-order valence-corrected chi connectivity index (χ2v) is 6.21. The summed E-state index contributed by atoms with van der Waals surface area (Å²) in [5, 5.41) is 3.35. The smallest absolute Gasteiger partial charge is 0.193 e. The molecule has 0 spiro atoms. The summed E-state index contributed by atoms with van der Waals surface area (Å²) in [5.74, 6) is 0.861. The largest absolute Gasteiger partial charge is 0.491 e. The van der Waals surface area contributed by atoms with E-state index < -0.39 is 0 Å². The van der Waals surface area contributed by atoms with E-state index in [1.807, 2.05) is 13.0 Å². The highest BCUT2D eigenvalue weighted by Crippen LogP contribution is 2.19. The number of guanidine groups is 1. The summed E-state index contributed by atoms with van der Waals surface area (Å²) in [5.41, 5.74) is 0.876. The van der Waals surface area contributed by atoms with E-state index in [-0.39, 0.29) is 29.8 Å². The summed E-state index contributed by atoms with van der Waals surface area (Å²) in [7, 11) is 1.80. The maximum atomic E-state index is 14.0. The van der Waals surface area contributed by atoms with Crippen LogP contribution in [-0.2, 0) is 6.54 Å². The van der Waals surface area contributed by atoms with Crippen molar-refractivity contribution in [1.82, 2.24) is 15.1 Å². The van der Waals surface area contributed by atoms with Gasteiger partial charge in [-0.05, 0) is 44.1 Å².